The molecule has 0 amide bonds. The Morgan fingerprint density at radius 1 is 0.216 bits per heavy atom. The molecule has 16 aromatic carbocycles. The van der Waals surface area contributed by atoms with Crippen LogP contribution in [0.25, 0.3) is 60.9 Å². The van der Waals surface area contributed by atoms with Crippen LogP contribution < -0.4 is 67.7 Å². The average molecular weight is 1330 g/mol. The molecule has 0 saturated carbocycles. The minimum atomic E-state index is -3.17. The second-order valence-electron chi connectivity index (χ2n) is 27.0. The second kappa shape index (κ2) is 25.3. The highest BCUT2D eigenvalue weighted by molar-refractivity contribution is 7.20. The molecule has 478 valence electrons. The van der Waals surface area contributed by atoms with Gasteiger partial charge in [0.05, 0.1) is 16.7 Å². The molecule has 1 aromatic heterocycles. The number of para-hydroxylation sites is 3. The smallest absolute Gasteiger partial charge is 0.252 e. The first-order valence-corrected chi connectivity index (χ1v) is 39.4. The summed E-state index contributed by atoms with van der Waals surface area (Å²) < 4.78 is 2.53. The predicted molar refractivity (Wildman–Crippen MR) is 438 cm³/mol. The third-order valence-electron chi connectivity index (χ3n) is 21.6. The first kappa shape index (κ1) is 60.6. The zero-order chi connectivity index (χ0) is 67.6. The lowest BCUT2D eigenvalue weighted by molar-refractivity contribution is 1.16. The Balaban J connectivity index is 0.966. The van der Waals surface area contributed by atoms with Gasteiger partial charge in [-0.3, -0.25) is 0 Å². The Hall–Kier alpha value is -12.6. The molecule has 0 atom stereocenters. The van der Waals surface area contributed by atoms with Crippen LogP contribution in [0.1, 0.15) is 0 Å². The van der Waals surface area contributed by atoms with Crippen molar-refractivity contribution < 1.29 is 0 Å². The summed E-state index contributed by atoms with van der Waals surface area (Å²) in [5, 5.41) is 13.0. The Morgan fingerprint density at radius 2 is 0.559 bits per heavy atom. The summed E-state index contributed by atoms with van der Waals surface area (Å²) in [5.41, 5.74) is 20.9. The molecular formula is C96H68BN3Si2. The van der Waals surface area contributed by atoms with Gasteiger partial charge in [0.15, 0.2) is 16.1 Å². The summed E-state index contributed by atoms with van der Waals surface area (Å²) in [7, 11) is -6.28. The molecule has 19 rings (SSSR count). The fourth-order valence-electron chi connectivity index (χ4n) is 17.4. The molecule has 6 heteroatoms. The maximum absolute atomic E-state index is 3.17. The topological polar surface area (TPSA) is 11.4 Å². The first-order chi connectivity index (χ1) is 50.6. The SMILES string of the molecule is c1ccc(-c2cccc(-c3ccccc3)c2-c2ccc3c(c2)N(c2ccccc2)c2cc(-n4c5ccccc5c5ccccc54)cc4c2B3c2ccc([Si](c3ccccc3)(c3ccccc3)c3ccccc3)cc2N4c2cccc([Si](c3ccccc3)(c3ccccc3)c3ccccc3)c2)cc1. The molecular weight excluding hydrogens is 1260 g/mol. The molecule has 2 aliphatic heterocycles. The van der Waals surface area contributed by atoms with Crippen LogP contribution in [0.5, 0.6) is 0 Å². The van der Waals surface area contributed by atoms with Gasteiger partial charge >= 0.3 is 0 Å². The summed E-state index contributed by atoms with van der Waals surface area (Å²) in [6, 6.07) is 156. The van der Waals surface area contributed by atoms with Gasteiger partial charge in [-0.15, -0.1) is 0 Å². The van der Waals surface area contributed by atoms with Gasteiger partial charge in [-0.2, -0.15) is 0 Å². The number of aromatic nitrogens is 1. The quantitative estimate of drug-likeness (QED) is 0.0794. The number of nitrogens with zero attached hydrogens (tertiary/aromatic N) is 3. The van der Waals surface area contributed by atoms with Crippen molar-refractivity contribution >= 4 is 137 Å². The number of hydrogen-bond donors (Lipinski definition) is 0. The lowest BCUT2D eigenvalue weighted by atomic mass is 9.33. The standard InChI is InChI=1S/C96H68BN3Si2/c1-10-34-69(35-11-1)83-56-33-57-84(70-36-12-2-13-37-70)95(83)71-60-62-87-91(64-71)98(72-38-14-3-15-39-72)93-66-74(100-89-58-30-28-54-85(89)86-55-29-31-59-90(86)100)67-94-96(93)97(87)88-63-61-82(102(78-47-22-7-23-48-78,79-49-24-8-25-50-79)80-51-26-9-27-52-80)68-92(88)99(94)73-40-32-53-81(65-73)101(75-41-16-4-17-42-75,76-43-18-5-19-44-76)77-45-20-6-21-46-77/h1-68H. The third-order valence-corrected chi connectivity index (χ3v) is 31.2. The third kappa shape index (κ3) is 9.70. The van der Waals surface area contributed by atoms with Crippen LogP contribution in [-0.4, -0.2) is 27.4 Å². The molecule has 0 aliphatic carbocycles. The highest BCUT2D eigenvalue weighted by atomic mass is 28.3. The lowest BCUT2D eigenvalue weighted by Crippen LogP contribution is -2.75. The van der Waals surface area contributed by atoms with E-state index >= 15 is 0 Å². The van der Waals surface area contributed by atoms with Gasteiger partial charge < -0.3 is 14.4 Å². The fraction of sp³-hybridized carbons (Fsp3) is 0. The van der Waals surface area contributed by atoms with Crippen LogP contribution in [0.4, 0.5) is 34.1 Å². The normalized spacial score (nSPS) is 12.5. The molecule has 0 saturated heterocycles. The molecule has 0 N–H and O–H groups in total. The highest BCUT2D eigenvalue weighted by Crippen LogP contribution is 2.49. The van der Waals surface area contributed by atoms with E-state index in [0.29, 0.717) is 0 Å². The summed E-state index contributed by atoms with van der Waals surface area (Å²) >= 11 is 0. The predicted octanol–water partition coefficient (Wildman–Crippen LogP) is 16.6. The number of benzene rings is 16. The maximum atomic E-state index is 2.69. The minimum Gasteiger partial charge on any atom is -0.311 e. The van der Waals surface area contributed by atoms with E-state index in [0.717, 1.165) is 56.4 Å². The first-order valence-electron chi connectivity index (χ1n) is 35.4. The van der Waals surface area contributed by atoms with E-state index in [1.54, 1.807) is 0 Å². The van der Waals surface area contributed by atoms with Crippen LogP contribution in [0.15, 0.2) is 413 Å². The van der Waals surface area contributed by atoms with E-state index in [9.17, 15) is 0 Å². The molecule has 0 spiro atoms. The summed E-state index contributed by atoms with van der Waals surface area (Å²) in [4.78, 5) is 5.29. The molecule has 17 aromatic rings. The van der Waals surface area contributed by atoms with E-state index in [2.05, 4.69) is 427 Å². The molecule has 2 aliphatic rings. The zero-order valence-corrected chi connectivity index (χ0v) is 58.2. The van der Waals surface area contributed by atoms with Crippen molar-refractivity contribution in [2.75, 3.05) is 9.80 Å². The summed E-state index contributed by atoms with van der Waals surface area (Å²) in [6.45, 7) is -0.222. The van der Waals surface area contributed by atoms with Crippen LogP contribution >= 0.6 is 0 Å². The number of fused-ring (bicyclic) bond motifs is 7. The van der Waals surface area contributed by atoms with Gasteiger partial charge in [0, 0.05) is 44.9 Å². The van der Waals surface area contributed by atoms with Crippen LogP contribution in [-0.2, 0) is 0 Å². The van der Waals surface area contributed by atoms with Crippen LogP contribution in [0.3, 0.4) is 0 Å². The Kier molecular flexibility index (Phi) is 15.0. The number of anilines is 6. The van der Waals surface area contributed by atoms with Crippen molar-refractivity contribution in [1.82, 2.24) is 4.57 Å². The number of rotatable bonds is 14. The van der Waals surface area contributed by atoms with Crippen molar-refractivity contribution in [3.05, 3.63) is 413 Å². The zero-order valence-electron chi connectivity index (χ0n) is 56.2. The molecule has 0 fully saturated rings. The maximum Gasteiger partial charge on any atom is 0.252 e. The Morgan fingerprint density at radius 3 is 1.01 bits per heavy atom. The van der Waals surface area contributed by atoms with Gasteiger partial charge in [-0.05, 0) is 152 Å². The van der Waals surface area contributed by atoms with Crippen molar-refractivity contribution in [3.8, 4) is 39.1 Å². The van der Waals surface area contributed by atoms with Crippen molar-refractivity contribution in [1.29, 1.82) is 0 Å². The molecule has 3 heterocycles. The molecule has 0 bridgehead atoms. The molecule has 0 radical (unpaired) electrons. The van der Waals surface area contributed by atoms with Gasteiger partial charge in [-0.25, -0.2) is 0 Å². The largest absolute Gasteiger partial charge is 0.311 e. The Labute approximate surface area is 598 Å². The summed E-state index contributed by atoms with van der Waals surface area (Å²) in [5.74, 6) is 0. The van der Waals surface area contributed by atoms with Crippen molar-refractivity contribution in [2.45, 2.75) is 0 Å². The molecule has 3 nitrogen and oxygen atoms in total. The average Bonchev–Trinajstić information content (AvgIpc) is 0.839. The van der Waals surface area contributed by atoms with E-state index in [4.69, 9.17) is 0 Å². The Bertz CT molecular complexity index is 5640. The monoisotopic (exact) mass is 1330 g/mol. The highest BCUT2D eigenvalue weighted by Gasteiger charge is 2.48. The van der Waals surface area contributed by atoms with E-state index in [-0.39, 0.29) is 6.71 Å². The van der Waals surface area contributed by atoms with E-state index in [1.165, 1.54) is 96.5 Å². The summed E-state index contributed by atoms with van der Waals surface area (Å²) in [6.07, 6.45) is 0. The van der Waals surface area contributed by atoms with Crippen LogP contribution in [0.2, 0.25) is 0 Å². The number of hydrogen-bond acceptors (Lipinski definition) is 2. The van der Waals surface area contributed by atoms with Gasteiger partial charge in [0.2, 0.25) is 0 Å². The van der Waals surface area contributed by atoms with Crippen LogP contribution in [0, 0.1) is 0 Å². The molecule has 0 unspecified atom stereocenters. The van der Waals surface area contributed by atoms with Gasteiger partial charge in [-0.1, -0.05) is 352 Å². The lowest BCUT2D eigenvalue weighted by Gasteiger charge is -2.45. The van der Waals surface area contributed by atoms with E-state index in [1.807, 2.05) is 0 Å². The van der Waals surface area contributed by atoms with Crippen molar-refractivity contribution in [2.24, 2.45) is 0 Å². The fourth-order valence-corrected chi connectivity index (χ4v) is 27.0. The molecule has 102 heavy (non-hydrogen) atoms. The van der Waals surface area contributed by atoms with Gasteiger partial charge in [0.25, 0.3) is 6.71 Å². The van der Waals surface area contributed by atoms with E-state index < -0.39 is 16.1 Å². The van der Waals surface area contributed by atoms with Crippen molar-refractivity contribution in [3.63, 3.8) is 0 Å². The minimum absolute atomic E-state index is 0.222. The van der Waals surface area contributed by atoms with Gasteiger partial charge in [0.1, 0.15) is 0 Å². The second-order valence-corrected chi connectivity index (χ2v) is 34.6.